The standard InChI is InChI=1S/C23H24N6O2/c1-2-12-29-20-9-4-3-8-19(20)26-23(29)27-22(31)17-6-5-7-18(15-17)25-21(30)10-13-28-14-11-24-16-28/h3-9,11,14-16H,2,10,12-13H2,1H3,(H,25,30)(H,26,27,31). The summed E-state index contributed by atoms with van der Waals surface area (Å²) < 4.78 is 3.85. The van der Waals surface area contributed by atoms with Crippen LogP contribution in [0.2, 0.25) is 0 Å². The van der Waals surface area contributed by atoms with Gasteiger partial charge in [-0.1, -0.05) is 25.1 Å². The number of nitrogens with one attached hydrogen (secondary N) is 2. The number of para-hydroxylation sites is 2. The number of anilines is 2. The minimum Gasteiger partial charge on any atom is -0.337 e. The fourth-order valence-electron chi connectivity index (χ4n) is 3.41. The molecule has 0 unspecified atom stereocenters. The first-order valence-electron chi connectivity index (χ1n) is 10.3. The molecule has 8 heteroatoms. The zero-order valence-electron chi connectivity index (χ0n) is 17.3. The lowest BCUT2D eigenvalue weighted by Gasteiger charge is -2.10. The van der Waals surface area contributed by atoms with Crippen LogP contribution in [0.25, 0.3) is 11.0 Å². The first-order valence-corrected chi connectivity index (χ1v) is 10.3. The summed E-state index contributed by atoms with van der Waals surface area (Å²) in [7, 11) is 0. The summed E-state index contributed by atoms with van der Waals surface area (Å²) in [5.74, 6) is 0.112. The van der Waals surface area contributed by atoms with Gasteiger partial charge in [-0.2, -0.15) is 0 Å². The molecule has 0 fully saturated rings. The second-order valence-corrected chi connectivity index (χ2v) is 7.21. The second-order valence-electron chi connectivity index (χ2n) is 7.21. The van der Waals surface area contributed by atoms with Crippen molar-refractivity contribution in [2.45, 2.75) is 32.9 Å². The molecule has 0 aliphatic heterocycles. The molecule has 0 saturated heterocycles. The molecular weight excluding hydrogens is 392 g/mol. The highest BCUT2D eigenvalue weighted by Gasteiger charge is 2.14. The Labute approximate surface area is 179 Å². The maximum atomic E-state index is 12.9. The van der Waals surface area contributed by atoms with Gasteiger partial charge in [-0.15, -0.1) is 0 Å². The SMILES string of the molecule is CCCn1c(NC(=O)c2cccc(NC(=O)CCn3ccnc3)c2)nc2ccccc21. The summed E-state index contributed by atoms with van der Waals surface area (Å²) in [6, 6.07) is 14.7. The molecule has 31 heavy (non-hydrogen) atoms. The van der Waals surface area contributed by atoms with Gasteiger partial charge in [0, 0.05) is 43.2 Å². The smallest absolute Gasteiger partial charge is 0.258 e. The van der Waals surface area contributed by atoms with Crippen LogP contribution in [-0.2, 0) is 17.9 Å². The number of hydrogen-bond donors (Lipinski definition) is 2. The number of nitrogens with zero attached hydrogens (tertiary/aromatic N) is 4. The Morgan fingerprint density at radius 2 is 1.90 bits per heavy atom. The van der Waals surface area contributed by atoms with E-state index in [1.807, 2.05) is 39.6 Å². The number of carbonyl (C=O) groups excluding carboxylic acids is 2. The number of benzene rings is 2. The van der Waals surface area contributed by atoms with E-state index in [9.17, 15) is 9.59 Å². The summed E-state index contributed by atoms with van der Waals surface area (Å²) in [6.07, 6.45) is 6.39. The van der Waals surface area contributed by atoms with Gasteiger partial charge in [0.25, 0.3) is 5.91 Å². The van der Waals surface area contributed by atoms with Gasteiger partial charge in [0.15, 0.2) is 0 Å². The molecule has 0 aliphatic carbocycles. The average molecular weight is 416 g/mol. The zero-order chi connectivity index (χ0) is 21.6. The van der Waals surface area contributed by atoms with Crippen LogP contribution in [0, 0.1) is 0 Å². The minimum absolute atomic E-state index is 0.129. The van der Waals surface area contributed by atoms with Crippen molar-refractivity contribution < 1.29 is 9.59 Å². The van der Waals surface area contributed by atoms with E-state index < -0.39 is 0 Å². The molecular formula is C23H24N6O2. The van der Waals surface area contributed by atoms with Gasteiger partial charge in [-0.05, 0) is 36.8 Å². The fourth-order valence-corrected chi connectivity index (χ4v) is 3.41. The molecule has 0 spiro atoms. The van der Waals surface area contributed by atoms with E-state index in [-0.39, 0.29) is 11.8 Å². The summed E-state index contributed by atoms with van der Waals surface area (Å²) in [5, 5.41) is 5.76. The molecule has 4 rings (SSSR count). The van der Waals surface area contributed by atoms with Crippen molar-refractivity contribution in [3.05, 3.63) is 72.8 Å². The highest BCUT2D eigenvalue weighted by atomic mass is 16.2. The van der Waals surface area contributed by atoms with Crippen LogP contribution >= 0.6 is 0 Å². The summed E-state index contributed by atoms with van der Waals surface area (Å²) in [6.45, 7) is 3.38. The molecule has 158 valence electrons. The van der Waals surface area contributed by atoms with Crippen molar-refractivity contribution in [3.8, 4) is 0 Å². The molecule has 2 N–H and O–H groups in total. The number of carbonyl (C=O) groups is 2. The van der Waals surface area contributed by atoms with E-state index in [2.05, 4.69) is 27.5 Å². The molecule has 8 nitrogen and oxygen atoms in total. The van der Waals surface area contributed by atoms with Crippen molar-refractivity contribution in [1.82, 2.24) is 19.1 Å². The van der Waals surface area contributed by atoms with Crippen molar-refractivity contribution in [2.24, 2.45) is 0 Å². The Balaban J connectivity index is 1.45. The van der Waals surface area contributed by atoms with Crippen molar-refractivity contribution in [3.63, 3.8) is 0 Å². The predicted molar refractivity (Wildman–Crippen MR) is 120 cm³/mol. The fraction of sp³-hybridized carbons (Fsp3) is 0.217. The van der Waals surface area contributed by atoms with Crippen LogP contribution in [0.5, 0.6) is 0 Å². The van der Waals surface area contributed by atoms with Crippen molar-refractivity contribution >= 4 is 34.5 Å². The van der Waals surface area contributed by atoms with Crippen LogP contribution in [-0.4, -0.2) is 30.9 Å². The van der Waals surface area contributed by atoms with Gasteiger partial charge >= 0.3 is 0 Å². The van der Waals surface area contributed by atoms with Gasteiger partial charge in [0.2, 0.25) is 11.9 Å². The van der Waals surface area contributed by atoms with Crippen LogP contribution in [0.3, 0.4) is 0 Å². The molecule has 0 atom stereocenters. The molecule has 0 saturated carbocycles. The van der Waals surface area contributed by atoms with Crippen molar-refractivity contribution in [2.75, 3.05) is 10.6 Å². The number of rotatable bonds is 8. The van der Waals surface area contributed by atoms with E-state index >= 15 is 0 Å². The Morgan fingerprint density at radius 3 is 2.71 bits per heavy atom. The first kappa shape index (κ1) is 20.3. The van der Waals surface area contributed by atoms with Gasteiger partial charge in [0.1, 0.15) is 0 Å². The third-order valence-electron chi connectivity index (χ3n) is 4.89. The number of aryl methyl sites for hydroxylation is 2. The third kappa shape index (κ3) is 4.80. The topological polar surface area (TPSA) is 93.8 Å². The van der Waals surface area contributed by atoms with Gasteiger partial charge in [-0.3, -0.25) is 14.9 Å². The van der Waals surface area contributed by atoms with Gasteiger partial charge in [0.05, 0.1) is 17.4 Å². The quantitative estimate of drug-likeness (QED) is 0.455. The summed E-state index contributed by atoms with van der Waals surface area (Å²) >= 11 is 0. The van der Waals surface area contributed by atoms with Gasteiger partial charge < -0.3 is 14.5 Å². The lowest BCUT2D eigenvalue weighted by molar-refractivity contribution is -0.116. The molecule has 4 aromatic rings. The molecule has 2 aromatic carbocycles. The Bertz CT molecular complexity index is 1200. The van der Waals surface area contributed by atoms with Crippen LogP contribution in [0.4, 0.5) is 11.6 Å². The van der Waals surface area contributed by atoms with Crippen LogP contribution in [0.15, 0.2) is 67.3 Å². The molecule has 0 radical (unpaired) electrons. The first-order chi connectivity index (χ1) is 15.1. The molecule has 2 amide bonds. The second kappa shape index (κ2) is 9.25. The van der Waals surface area contributed by atoms with E-state index in [1.54, 1.807) is 36.8 Å². The number of fused-ring (bicyclic) bond motifs is 1. The van der Waals surface area contributed by atoms with Crippen molar-refractivity contribution in [1.29, 1.82) is 0 Å². The average Bonchev–Trinajstić information content (AvgIpc) is 3.41. The third-order valence-corrected chi connectivity index (χ3v) is 4.89. The Hall–Kier alpha value is -3.94. The number of imidazole rings is 2. The van der Waals surface area contributed by atoms with E-state index in [0.717, 1.165) is 24.0 Å². The van der Waals surface area contributed by atoms with E-state index in [0.29, 0.717) is 30.2 Å². The summed E-state index contributed by atoms with van der Waals surface area (Å²) in [4.78, 5) is 33.6. The number of amides is 2. The largest absolute Gasteiger partial charge is 0.337 e. The lowest BCUT2D eigenvalue weighted by Crippen LogP contribution is -2.17. The molecule has 2 heterocycles. The van der Waals surface area contributed by atoms with Gasteiger partial charge in [-0.25, -0.2) is 9.97 Å². The highest BCUT2D eigenvalue weighted by molar-refractivity contribution is 6.05. The minimum atomic E-state index is -0.276. The number of aromatic nitrogens is 4. The predicted octanol–water partition coefficient (Wildman–Crippen LogP) is 3.92. The summed E-state index contributed by atoms with van der Waals surface area (Å²) in [5.41, 5.74) is 2.84. The molecule has 2 aromatic heterocycles. The molecule has 0 aliphatic rings. The van der Waals surface area contributed by atoms with E-state index in [1.165, 1.54) is 0 Å². The normalized spacial score (nSPS) is 10.9. The number of hydrogen-bond acceptors (Lipinski definition) is 4. The maximum absolute atomic E-state index is 12.9. The monoisotopic (exact) mass is 416 g/mol. The Morgan fingerprint density at radius 1 is 1.03 bits per heavy atom. The lowest BCUT2D eigenvalue weighted by atomic mass is 10.2. The Kier molecular flexibility index (Phi) is 6.07. The van der Waals surface area contributed by atoms with Crippen LogP contribution < -0.4 is 10.6 Å². The molecule has 0 bridgehead atoms. The maximum Gasteiger partial charge on any atom is 0.258 e. The zero-order valence-corrected chi connectivity index (χ0v) is 17.3. The highest BCUT2D eigenvalue weighted by Crippen LogP contribution is 2.21. The van der Waals surface area contributed by atoms with E-state index in [4.69, 9.17) is 0 Å². The van der Waals surface area contributed by atoms with Crippen LogP contribution in [0.1, 0.15) is 30.1 Å².